The lowest BCUT2D eigenvalue weighted by atomic mass is 9.97. The SMILES string of the molecule is CCNC(=NCC1(Cc2ccccc2)CC1)NC1CCc2nc(C(C)C)nn2C1.I. The largest absolute Gasteiger partial charge is 0.357 e. The summed E-state index contributed by atoms with van der Waals surface area (Å²) in [7, 11) is 0. The highest BCUT2D eigenvalue weighted by atomic mass is 127. The fourth-order valence-corrected chi connectivity index (χ4v) is 4.05. The normalized spacial score (nSPS) is 19.7. The van der Waals surface area contributed by atoms with Crippen LogP contribution in [-0.2, 0) is 19.4 Å². The molecule has 4 rings (SSSR count). The Morgan fingerprint density at radius 2 is 2.03 bits per heavy atom. The van der Waals surface area contributed by atoms with Gasteiger partial charge in [-0.15, -0.1) is 24.0 Å². The average Bonchev–Trinajstić information content (AvgIpc) is 3.33. The predicted molar refractivity (Wildman–Crippen MR) is 133 cm³/mol. The Bertz CT molecular complexity index is 841. The van der Waals surface area contributed by atoms with E-state index in [1.54, 1.807) is 0 Å². The fraction of sp³-hybridized carbons (Fsp3) is 0.609. The molecule has 1 aliphatic heterocycles. The molecule has 7 heteroatoms. The second kappa shape index (κ2) is 10.1. The lowest BCUT2D eigenvalue weighted by molar-refractivity contribution is 0.391. The summed E-state index contributed by atoms with van der Waals surface area (Å²) in [5.41, 5.74) is 1.77. The molecule has 30 heavy (non-hydrogen) atoms. The Labute approximate surface area is 197 Å². The molecule has 164 valence electrons. The molecular weight excluding hydrogens is 487 g/mol. The van der Waals surface area contributed by atoms with E-state index in [0.717, 1.165) is 56.5 Å². The highest BCUT2D eigenvalue weighted by Crippen LogP contribution is 2.48. The number of fused-ring (bicyclic) bond motifs is 1. The van der Waals surface area contributed by atoms with E-state index < -0.39 is 0 Å². The number of guanidine groups is 1. The van der Waals surface area contributed by atoms with E-state index in [1.165, 1.54) is 18.4 Å². The number of halogens is 1. The van der Waals surface area contributed by atoms with Gasteiger partial charge in [0.2, 0.25) is 0 Å². The molecule has 2 N–H and O–H groups in total. The van der Waals surface area contributed by atoms with Gasteiger partial charge in [-0.1, -0.05) is 44.2 Å². The Balaban J connectivity index is 0.00000256. The molecule has 1 aliphatic carbocycles. The molecule has 0 radical (unpaired) electrons. The molecule has 0 spiro atoms. The third kappa shape index (κ3) is 5.74. The van der Waals surface area contributed by atoms with Crippen molar-refractivity contribution in [3.8, 4) is 0 Å². The topological polar surface area (TPSA) is 67.1 Å². The number of nitrogens with zero attached hydrogens (tertiary/aromatic N) is 4. The summed E-state index contributed by atoms with van der Waals surface area (Å²) in [5.74, 6) is 3.38. The molecule has 2 aromatic rings. The van der Waals surface area contributed by atoms with E-state index in [2.05, 4.69) is 66.4 Å². The van der Waals surface area contributed by atoms with E-state index in [-0.39, 0.29) is 24.0 Å². The van der Waals surface area contributed by atoms with Crippen molar-refractivity contribution in [2.45, 2.75) is 71.4 Å². The minimum Gasteiger partial charge on any atom is -0.357 e. The van der Waals surface area contributed by atoms with E-state index in [0.29, 0.717) is 17.4 Å². The summed E-state index contributed by atoms with van der Waals surface area (Å²) in [6.45, 7) is 9.03. The highest BCUT2D eigenvalue weighted by molar-refractivity contribution is 14.0. The molecule has 1 saturated carbocycles. The molecule has 0 saturated heterocycles. The summed E-state index contributed by atoms with van der Waals surface area (Å²) in [5, 5.41) is 11.8. The second-order valence-electron chi connectivity index (χ2n) is 8.96. The molecule has 2 aliphatic rings. The third-order valence-corrected chi connectivity index (χ3v) is 6.03. The molecule has 1 aromatic carbocycles. The van der Waals surface area contributed by atoms with Crippen LogP contribution in [0, 0.1) is 5.41 Å². The Morgan fingerprint density at radius 3 is 2.70 bits per heavy atom. The summed E-state index contributed by atoms with van der Waals surface area (Å²) in [6.07, 6.45) is 5.70. The summed E-state index contributed by atoms with van der Waals surface area (Å²) >= 11 is 0. The fourth-order valence-electron chi connectivity index (χ4n) is 4.05. The van der Waals surface area contributed by atoms with Crippen LogP contribution >= 0.6 is 24.0 Å². The van der Waals surface area contributed by atoms with Gasteiger partial charge < -0.3 is 10.6 Å². The van der Waals surface area contributed by atoms with Crippen molar-refractivity contribution < 1.29 is 0 Å². The molecule has 0 amide bonds. The Kier molecular flexibility index (Phi) is 7.76. The number of benzene rings is 1. The van der Waals surface area contributed by atoms with Crippen molar-refractivity contribution >= 4 is 29.9 Å². The van der Waals surface area contributed by atoms with Crippen LogP contribution in [0.4, 0.5) is 0 Å². The van der Waals surface area contributed by atoms with Gasteiger partial charge in [-0.2, -0.15) is 5.10 Å². The maximum Gasteiger partial charge on any atom is 0.191 e. The number of hydrogen-bond donors (Lipinski definition) is 2. The maximum atomic E-state index is 4.98. The summed E-state index contributed by atoms with van der Waals surface area (Å²) < 4.78 is 2.08. The van der Waals surface area contributed by atoms with E-state index >= 15 is 0 Å². The van der Waals surface area contributed by atoms with Crippen molar-refractivity contribution in [1.82, 2.24) is 25.4 Å². The lowest BCUT2D eigenvalue weighted by Gasteiger charge is -2.25. The third-order valence-electron chi connectivity index (χ3n) is 6.03. The van der Waals surface area contributed by atoms with Gasteiger partial charge in [0.15, 0.2) is 11.8 Å². The molecule has 0 bridgehead atoms. The quantitative estimate of drug-likeness (QED) is 0.329. The van der Waals surface area contributed by atoms with Crippen LogP contribution in [0.25, 0.3) is 0 Å². The second-order valence-corrected chi connectivity index (χ2v) is 8.96. The van der Waals surface area contributed by atoms with Crippen LogP contribution in [-0.4, -0.2) is 39.9 Å². The minimum absolute atomic E-state index is 0. The van der Waals surface area contributed by atoms with E-state index in [4.69, 9.17) is 15.1 Å². The van der Waals surface area contributed by atoms with Crippen molar-refractivity contribution in [1.29, 1.82) is 0 Å². The zero-order valence-corrected chi connectivity index (χ0v) is 20.7. The van der Waals surface area contributed by atoms with Gasteiger partial charge in [-0.05, 0) is 43.6 Å². The maximum absolute atomic E-state index is 4.98. The smallest absolute Gasteiger partial charge is 0.191 e. The molecule has 6 nitrogen and oxygen atoms in total. The van der Waals surface area contributed by atoms with Gasteiger partial charge in [0.05, 0.1) is 6.54 Å². The van der Waals surface area contributed by atoms with Crippen LogP contribution in [0.2, 0.25) is 0 Å². The van der Waals surface area contributed by atoms with Gasteiger partial charge in [0, 0.05) is 31.5 Å². The number of rotatable bonds is 7. The molecule has 1 atom stereocenters. The zero-order valence-electron chi connectivity index (χ0n) is 18.4. The van der Waals surface area contributed by atoms with Crippen LogP contribution in [0.5, 0.6) is 0 Å². The van der Waals surface area contributed by atoms with Crippen LogP contribution in [0.1, 0.15) is 63.2 Å². The molecule has 2 heterocycles. The zero-order chi connectivity index (χ0) is 20.3. The molecular formula is C23H35IN6. The van der Waals surface area contributed by atoms with Crippen LogP contribution in [0.15, 0.2) is 35.3 Å². The van der Waals surface area contributed by atoms with Gasteiger partial charge in [0.25, 0.3) is 0 Å². The Hall–Kier alpha value is -1.64. The standard InChI is InChI=1S/C23H34N6.HI/c1-4-24-22(25-16-23(12-13-23)14-18-8-6-5-7-9-18)26-19-10-11-20-27-21(17(2)3)28-29(20)15-19;/h5-9,17,19H,4,10-16H2,1-3H3,(H2,24,25,26);1H. The number of nitrogens with one attached hydrogen (secondary N) is 2. The van der Waals surface area contributed by atoms with Gasteiger partial charge in [-0.3, -0.25) is 4.99 Å². The summed E-state index contributed by atoms with van der Waals surface area (Å²) in [4.78, 5) is 9.67. The van der Waals surface area contributed by atoms with Crippen molar-refractivity contribution in [2.75, 3.05) is 13.1 Å². The average molecular weight is 522 g/mol. The minimum atomic E-state index is 0. The lowest BCUT2D eigenvalue weighted by Crippen LogP contribution is -2.47. The number of aryl methyl sites for hydroxylation is 1. The van der Waals surface area contributed by atoms with Crippen molar-refractivity contribution in [3.05, 3.63) is 47.5 Å². The van der Waals surface area contributed by atoms with Gasteiger partial charge in [-0.25, -0.2) is 9.67 Å². The first-order chi connectivity index (χ1) is 14.1. The monoisotopic (exact) mass is 522 g/mol. The van der Waals surface area contributed by atoms with Crippen molar-refractivity contribution in [2.24, 2.45) is 10.4 Å². The Morgan fingerprint density at radius 1 is 1.27 bits per heavy atom. The molecule has 1 aromatic heterocycles. The number of hydrogen-bond acceptors (Lipinski definition) is 3. The van der Waals surface area contributed by atoms with E-state index in [1.807, 2.05) is 0 Å². The number of aromatic nitrogens is 3. The summed E-state index contributed by atoms with van der Waals surface area (Å²) in [6, 6.07) is 11.2. The predicted octanol–water partition coefficient (Wildman–Crippen LogP) is 3.91. The van der Waals surface area contributed by atoms with Gasteiger partial charge >= 0.3 is 0 Å². The first-order valence-corrected chi connectivity index (χ1v) is 11.1. The first kappa shape index (κ1) is 23.0. The van der Waals surface area contributed by atoms with Crippen molar-refractivity contribution in [3.63, 3.8) is 0 Å². The highest BCUT2D eigenvalue weighted by Gasteiger charge is 2.42. The van der Waals surface area contributed by atoms with Gasteiger partial charge in [0.1, 0.15) is 5.82 Å². The first-order valence-electron chi connectivity index (χ1n) is 11.1. The van der Waals surface area contributed by atoms with E-state index in [9.17, 15) is 0 Å². The van der Waals surface area contributed by atoms with Crippen LogP contribution in [0.3, 0.4) is 0 Å². The molecule has 1 unspecified atom stereocenters. The van der Waals surface area contributed by atoms with Crippen LogP contribution < -0.4 is 10.6 Å². The number of aliphatic imine (C=N–C) groups is 1. The molecule has 1 fully saturated rings.